The monoisotopic (exact) mass is 405 g/mol. The van der Waals surface area contributed by atoms with Crippen LogP contribution in [0, 0.1) is 11.3 Å². The minimum Gasteiger partial charge on any atom is -0.465 e. The summed E-state index contributed by atoms with van der Waals surface area (Å²) < 4.78 is 15.5. The molecule has 0 saturated heterocycles. The summed E-state index contributed by atoms with van der Waals surface area (Å²) in [6.45, 7) is 0.209. The van der Waals surface area contributed by atoms with Crippen LogP contribution in [0.3, 0.4) is 0 Å². The van der Waals surface area contributed by atoms with Gasteiger partial charge >= 0.3 is 5.97 Å². The highest BCUT2D eigenvalue weighted by atomic mass is 32.1. The zero-order valence-corrected chi connectivity index (χ0v) is 16.2. The van der Waals surface area contributed by atoms with Gasteiger partial charge in [-0.25, -0.2) is 9.78 Å². The molecule has 0 saturated carbocycles. The van der Waals surface area contributed by atoms with Crippen molar-refractivity contribution >= 4 is 28.6 Å². The van der Waals surface area contributed by atoms with Crippen molar-refractivity contribution in [3.05, 3.63) is 64.6 Å². The topological polar surface area (TPSA) is 93.5 Å². The maximum absolute atomic E-state index is 11.9. The standard InChI is InChI=1S/C21H15N3O4S/c1-26-21(25)15-4-2-3-5-16(15)23-10-14(9-22)20-24-17(11-29-20)13-6-7-18-19(8-13)28-12-27-18/h2-8,10-11,23H,12H2,1H3. The van der Waals surface area contributed by atoms with Gasteiger partial charge in [-0.15, -0.1) is 11.3 Å². The number of anilines is 1. The van der Waals surface area contributed by atoms with Crippen LogP contribution in [0.1, 0.15) is 15.4 Å². The molecule has 0 fully saturated rings. The Balaban J connectivity index is 1.58. The van der Waals surface area contributed by atoms with E-state index in [4.69, 9.17) is 14.2 Å². The SMILES string of the molecule is COC(=O)c1ccccc1NC=C(C#N)c1nc(-c2ccc3c(c2)OCO3)cs1. The molecule has 0 bridgehead atoms. The molecule has 0 aliphatic carbocycles. The predicted molar refractivity (Wildman–Crippen MR) is 109 cm³/mol. The molecular weight excluding hydrogens is 390 g/mol. The Morgan fingerprint density at radius 3 is 2.93 bits per heavy atom. The van der Waals surface area contributed by atoms with Crippen LogP contribution in [-0.4, -0.2) is 24.9 Å². The average Bonchev–Trinajstić information content (AvgIpc) is 3.43. The van der Waals surface area contributed by atoms with Crippen molar-refractivity contribution in [2.24, 2.45) is 0 Å². The number of para-hydroxylation sites is 1. The van der Waals surface area contributed by atoms with E-state index in [2.05, 4.69) is 16.4 Å². The Bertz CT molecular complexity index is 1150. The molecule has 0 radical (unpaired) electrons. The maximum Gasteiger partial charge on any atom is 0.339 e. The molecular formula is C21H15N3O4S. The summed E-state index contributed by atoms with van der Waals surface area (Å²) in [6.07, 6.45) is 1.53. The Labute approximate surface area is 170 Å². The second-order valence-corrected chi connectivity index (χ2v) is 6.82. The van der Waals surface area contributed by atoms with E-state index >= 15 is 0 Å². The molecule has 0 amide bonds. The number of allylic oxidation sites excluding steroid dienone is 1. The summed E-state index contributed by atoms with van der Waals surface area (Å²) in [5, 5.41) is 15.0. The summed E-state index contributed by atoms with van der Waals surface area (Å²) in [5.41, 5.74) is 2.88. The number of hydrogen-bond donors (Lipinski definition) is 1. The number of ether oxygens (including phenoxy) is 3. The van der Waals surface area contributed by atoms with Crippen molar-refractivity contribution in [3.63, 3.8) is 0 Å². The highest BCUT2D eigenvalue weighted by Crippen LogP contribution is 2.36. The van der Waals surface area contributed by atoms with E-state index in [1.54, 1.807) is 24.3 Å². The second-order valence-electron chi connectivity index (χ2n) is 5.96. The summed E-state index contributed by atoms with van der Waals surface area (Å²) in [6, 6.07) is 14.6. The van der Waals surface area contributed by atoms with E-state index in [1.807, 2.05) is 23.6 Å². The molecule has 144 valence electrons. The lowest BCUT2D eigenvalue weighted by atomic mass is 10.1. The number of methoxy groups -OCH3 is 1. The smallest absolute Gasteiger partial charge is 0.339 e. The van der Waals surface area contributed by atoms with E-state index in [0.29, 0.717) is 33.3 Å². The third-order valence-electron chi connectivity index (χ3n) is 4.23. The molecule has 0 atom stereocenters. The number of nitrogens with one attached hydrogen (secondary N) is 1. The van der Waals surface area contributed by atoms with Crippen molar-refractivity contribution in [3.8, 4) is 28.8 Å². The van der Waals surface area contributed by atoms with Gasteiger partial charge in [0, 0.05) is 17.1 Å². The number of carbonyl (C=O) groups is 1. The minimum atomic E-state index is -0.459. The number of carbonyl (C=O) groups excluding carboxylic acids is 1. The van der Waals surface area contributed by atoms with Gasteiger partial charge in [-0.3, -0.25) is 0 Å². The summed E-state index contributed by atoms with van der Waals surface area (Å²) >= 11 is 1.35. The molecule has 0 spiro atoms. The first kappa shape index (κ1) is 18.5. The number of hydrogen-bond acceptors (Lipinski definition) is 8. The van der Waals surface area contributed by atoms with Gasteiger partial charge in [0.1, 0.15) is 16.6 Å². The maximum atomic E-state index is 11.9. The van der Waals surface area contributed by atoms with E-state index < -0.39 is 5.97 Å². The molecule has 29 heavy (non-hydrogen) atoms. The fourth-order valence-electron chi connectivity index (χ4n) is 2.77. The summed E-state index contributed by atoms with van der Waals surface area (Å²) in [7, 11) is 1.32. The van der Waals surface area contributed by atoms with Gasteiger partial charge in [0.05, 0.1) is 24.1 Å². The Morgan fingerprint density at radius 2 is 2.10 bits per heavy atom. The number of rotatable bonds is 5. The molecule has 1 aliphatic heterocycles. The van der Waals surface area contributed by atoms with Crippen molar-refractivity contribution in [2.45, 2.75) is 0 Å². The lowest BCUT2D eigenvalue weighted by Crippen LogP contribution is -2.05. The average molecular weight is 405 g/mol. The van der Waals surface area contributed by atoms with E-state index in [9.17, 15) is 10.1 Å². The van der Waals surface area contributed by atoms with Crippen LogP contribution in [0.15, 0.2) is 54.0 Å². The predicted octanol–water partition coefficient (Wildman–Crippen LogP) is 4.30. The van der Waals surface area contributed by atoms with Crippen molar-refractivity contribution < 1.29 is 19.0 Å². The molecule has 1 aliphatic rings. The molecule has 4 rings (SSSR count). The lowest BCUT2D eigenvalue weighted by molar-refractivity contribution is 0.0602. The second kappa shape index (κ2) is 8.04. The third-order valence-corrected chi connectivity index (χ3v) is 5.10. The fourth-order valence-corrected chi connectivity index (χ4v) is 3.57. The molecule has 3 aromatic rings. The van der Waals surface area contributed by atoms with Crippen LogP contribution in [0.4, 0.5) is 5.69 Å². The Morgan fingerprint density at radius 1 is 1.28 bits per heavy atom. The summed E-state index contributed by atoms with van der Waals surface area (Å²) in [4.78, 5) is 16.4. The van der Waals surface area contributed by atoms with Crippen molar-refractivity contribution in [1.29, 1.82) is 5.26 Å². The van der Waals surface area contributed by atoms with Gasteiger partial charge in [-0.1, -0.05) is 12.1 Å². The van der Waals surface area contributed by atoms with E-state index in [1.165, 1.54) is 24.6 Å². The van der Waals surface area contributed by atoms with Crippen molar-refractivity contribution in [2.75, 3.05) is 19.2 Å². The highest BCUT2D eigenvalue weighted by molar-refractivity contribution is 7.11. The van der Waals surface area contributed by atoms with Gasteiger partial charge < -0.3 is 19.5 Å². The van der Waals surface area contributed by atoms with Gasteiger partial charge in [0.15, 0.2) is 11.5 Å². The van der Waals surface area contributed by atoms with Gasteiger partial charge in [0.2, 0.25) is 6.79 Å². The Kier molecular flexibility index (Phi) is 5.14. The number of nitriles is 1. The molecule has 7 nitrogen and oxygen atoms in total. The molecule has 1 N–H and O–H groups in total. The van der Waals surface area contributed by atoms with Crippen LogP contribution in [0.2, 0.25) is 0 Å². The largest absolute Gasteiger partial charge is 0.465 e. The van der Waals surface area contributed by atoms with Crippen LogP contribution < -0.4 is 14.8 Å². The zero-order valence-electron chi connectivity index (χ0n) is 15.3. The minimum absolute atomic E-state index is 0.209. The van der Waals surface area contributed by atoms with Gasteiger partial charge in [0.25, 0.3) is 0 Å². The van der Waals surface area contributed by atoms with Crippen LogP contribution in [0.5, 0.6) is 11.5 Å². The number of nitrogens with zero attached hydrogens (tertiary/aromatic N) is 2. The molecule has 1 aromatic heterocycles. The molecule has 0 unspecified atom stereocenters. The molecule has 2 aromatic carbocycles. The van der Waals surface area contributed by atoms with Crippen molar-refractivity contribution in [1.82, 2.24) is 4.98 Å². The first-order valence-electron chi connectivity index (χ1n) is 8.59. The van der Waals surface area contributed by atoms with Crippen LogP contribution >= 0.6 is 11.3 Å². The molecule has 8 heteroatoms. The molecule has 2 heterocycles. The Hall–Kier alpha value is -3.83. The van der Waals surface area contributed by atoms with Gasteiger partial charge in [-0.05, 0) is 30.3 Å². The number of benzene rings is 2. The highest BCUT2D eigenvalue weighted by Gasteiger charge is 2.16. The van der Waals surface area contributed by atoms with Gasteiger partial charge in [-0.2, -0.15) is 5.26 Å². The van der Waals surface area contributed by atoms with Crippen LogP contribution in [0.25, 0.3) is 16.8 Å². The number of esters is 1. The first-order chi connectivity index (χ1) is 14.2. The zero-order chi connectivity index (χ0) is 20.2. The van der Waals surface area contributed by atoms with Crippen LogP contribution in [-0.2, 0) is 4.74 Å². The quantitative estimate of drug-likeness (QED) is 0.499. The van der Waals surface area contributed by atoms with E-state index in [-0.39, 0.29) is 6.79 Å². The fraction of sp³-hybridized carbons (Fsp3) is 0.0952. The summed E-state index contributed by atoms with van der Waals surface area (Å²) in [5.74, 6) is 0.920. The number of thiazole rings is 1. The number of aromatic nitrogens is 1. The van der Waals surface area contributed by atoms with E-state index in [0.717, 1.165) is 11.3 Å². The first-order valence-corrected chi connectivity index (χ1v) is 9.47. The third kappa shape index (κ3) is 3.77. The lowest BCUT2D eigenvalue weighted by Gasteiger charge is -2.07. The normalized spacial score (nSPS) is 12.3. The number of fused-ring (bicyclic) bond motifs is 1.